The van der Waals surface area contributed by atoms with Gasteiger partial charge < -0.3 is 26.4 Å². The van der Waals surface area contributed by atoms with Crippen LogP contribution in [0.3, 0.4) is 0 Å². The van der Waals surface area contributed by atoms with E-state index in [4.69, 9.17) is 21.3 Å². The van der Waals surface area contributed by atoms with Crippen LogP contribution in [0.1, 0.15) is 27.7 Å². The van der Waals surface area contributed by atoms with Crippen molar-refractivity contribution in [3.8, 4) is 0 Å². The van der Waals surface area contributed by atoms with Crippen LogP contribution in [0.2, 0.25) is 0 Å². The summed E-state index contributed by atoms with van der Waals surface area (Å²) in [7, 11) is 0. The summed E-state index contributed by atoms with van der Waals surface area (Å²) in [5.41, 5.74) is 8.69. The Morgan fingerprint density at radius 3 is 1.73 bits per heavy atom. The lowest BCUT2D eigenvalue weighted by Crippen LogP contribution is -2.72. The average Bonchev–Trinajstić information content (AvgIpc) is 2.00. The molecule has 0 aromatic heterocycles. The maximum Gasteiger partial charge on any atom is 0.122 e. The molecular weight excluding hydrogens is 196 g/mol. The number of nitrogens with two attached hydrogens (primary N) is 2. The van der Waals surface area contributed by atoms with Crippen LogP contribution >= 0.6 is 0 Å². The number of hydrogen-bond acceptors (Lipinski definition) is 5. The highest BCUT2D eigenvalue weighted by atomic mass is 16.5. The van der Waals surface area contributed by atoms with Crippen molar-refractivity contribution < 1.29 is 14.9 Å². The molecule has 0 aromatic carbocycles. The number of aliphatic hydroxyl groups is 2. The number of rotatable bonds is 6. The van der Waals surface area contributed by atoms with Crippen molar-refractivity contribution in [2.24, 2.45) is 11.5 Å². The van der Waals surface area contributed by atoms with E-state index in [9.17, 15) is 5.11 Å². The lowest BCUT2D eigenvalue weighted by molar-refractivity contribution is -0.128. The van der Waals surface area contributed by atoms with Gasteiger partial charge >= 0.3 is 0 Å². The van der Waals surface area contributed by atoms with Gasteiger partial charge in [-0.3, -0.25) is 0 Å². The summed E-state index contributed by atoms with van der Waals surface area (Å²) >= 11 is 0. The Morgan fingerprint density at radius 1 is 1.07 bits per heavy atom. The lowest BCUT2D eigenvalue weighted by atomic mass is 9.71. The van der Waals surface area contributed by atoms with Gasteiger partial charge in [0.2, 0.25) is 0 Å². The van der Waals surface area contributed by atoms with Crippen molar-refractivity contribution in [3.63, 3.8) is 0 Å². The first kappa shape index (κ1) is 14.8. The van der Waals surface area contributed by atoms with Crippen LogP contribution in [0.15, 0.2) is 0 Å². The molecule has 0 rings (SSSR count). The van der Waals surface area contributed by atoms with E-state index in [1.807, 2.05) is 0 Å². The molecule has 0 saturated carbocycles. The van der Waals surface area contributed by atoms with Gasteiger partial charge in [0.1, 0.15) is 5.60 Å². The average molecular weight is 220 g/mol. The summed E-state index contributed by atoms with van der Waals surface area (Å²) in [4.78, 5) is 0. The highest BCUT2D eigenvalue weighted by Gasteiger charge is 2.50. The van der Waals surface area contributed by atoms with E-state index in [0.717, 1.165) is 0 Å². The van der Waals surface area contributed by atoms with E-state index in [-0.39, 0.29) is 19.8 Å². The minimum absolute atomic E-state index is 0.000556. The molecule has 15 heavy (non-hydrogen) atoms. The van der Waals surface area contributed by atoms with Crippen LogP contribution in [0.4, 0.5) is 0 Å². The fourth-order valence-electron chi connectivity index (χ4n) is 1.49. The van der Waals surface area contributed by atoms with Crippen molar-refractivity contribution >= 4 is 0 Å². The predicted octanol–water partition coefficient (Wildman–Crippen LogP) is -0.799. The summed E-state index contributed by atoms with van der Waals surface area (Å²) in [6.45, 7) is 6.86. The zero-order chi connectivity index (χ0) is 12.3. The molecule has 0 saturated heterocycles. The minimum Gasteiger partial charge on any atom is -0.394 e. The van der Waals surface area contributed by atoms with Gasteiger partial charge in [-0.2, -0.15) is 0 Å². The molecule has 0 radical (unpaired) electrons. The molecule has 0 aromatic rings. The zero-order valence-corrected chi connectivity index (χ0v) is 10.1. The van der Waals surface area contributed by atoms with Gasteiger partial charge in [0.05, 0.1) is 19.8 Å². The lowest BCUT2D eigenvalue weighted by Gasteiger charge is -2.48. The van der Waals surface area contributed by atoms with Crippen molar-refractivity contribution in [2.75, 3.05) is 19.8 Å². The van der Waals surface area contributed by atoms with Crippen molar-refractivity contribution in [1.82, 2.24) is 0 Å². The van der Waals surface area contributed by atoms with Gasteiger partial charge in [-0.05, 0) is 27.7 Å². The third-order valence-electron chi connectivity index (χ3n) is 2.68. The Kier molecular flexibility index (Phi) is 4.69. The summed E-state index contributed by atoms with van der Waals surface area (Å²) in [6, 6.07) is 0. The molecule has 0 aliphatic carbocycles. The minimum atomic E-state index is -1.35. The first-order valence-corrected chi connectivity index (χ1v) is 5.05. The highest BCUT2D eigenvalue weighted by molar-refractivity contribution is 5.09. The second-order valence-corrected chi connectivity index (χ2v) is 5.08. The molecule has 0 unspecified atom stereocenters. The van der Waals surface area contributed by atoms with Crippen molar-refractivity contribution in [1.29, 1.82) is 0 Å². The smallest absolute Gasteiger partial charge is 0.122 e. The first-order chi connectivity index (χ1) is 6.56. The zero-order valence-electron chi connectivity index (χ0n) is 10.1. The maximum absolute atomic E-state index is 10.5. The van der Waals surface area contributed by atoms with E-state index in [1.54, 1.807) is 27.7 Å². The molecule has 6 N–H and O–H groups in total. The highest BCUT2D eigenvalue weighted by Crippen LogP contribution is 2.29. The summed E-state index contributed by atoms with van der Waals surface area (Å²) in [6.07, 6.45) is 0. The van der Waals surface area contributed by atoms with Gasteiger partial charge in [0.15, 0.2) is 0 Å². The normalized spacial score (nSPS) is 14.4. The van der Waals surface area contributed by atoms with Crippen molar-refractivity contribution in [2.45, 2.75) is 44.4 Å². The molecular formula is C10H24N2O3. The van der Waals surface area contributed by atoms with Gasteiger partial charge in [0.25, 0.3) is 0 Å². The largest absolute Gasteiger partial charge is 0.394 e. The molecule has 0 amide bonds. The Labute approximate surface area is 91.4 Å². The van der Waals surface area contributed by atoms with Crippen LogP contribution in [0, 0.1) is 0 Å². The van der Waals surface area contributed by atoms with E-state index in [0.29, 0.717) is 0 Å². The SMILES string of the molecule is CC(C)(N)C(O)(COCCO)C(C)(C)N. The van der Waals surface area contributed by atoms with E-state index >= 15 is 0 Å². The summed E-state index contributed by atoms with van der Waals surface area (Å²) < 4.78 is 5.14. The second kappa shape index (κ2) is 4.76. The molecule has 0 heterocycles. The maximum atomic E-state index is 10.5. The van der Waals surface area contributed by atoms with Crippen LogP contribution in [0.5, 0.6) is 0 Å². The van der Waals surface area contributed by atoms with Crippen LogP contribution in [0.25, 0.3) is 0 Å². The van der Waals surface area contributed by atoms with Crippen LogP contribution in [-0.4, -0.2) is 46.7 Å². The molecule has 92 valence electrons. The Bertz CT molecular complexity index is 180. The Morgan fingerprint density at radius 2 is 1.47 bits per heavy atom. The van der Waals surface area contributed by atoms with Crippen LogP contribution < -0.4 is 11.5 Å². The van der Waals surface area contributed by atoms with Crippen molar-refractivity contribution in [3.05, 3.63) is 0 Å². The van der Waals surface area contributed by atoms with E-state index in [1.165, 1.54) is 0 Å². The van der Waals surface area contributed by atoms with Gasteiger partial charge in [0, 0.05) is 11.1 Å². The summed E-state index contributed by atoms with van der Waals surface area (Å²) in [5.74, 6) is 0. The molecule has 5 heteroatoms. The molecule has 0 spiro atoms. The second-order valence-electron chi connectivity index (χ2n) is 5.08. The number of hydrogen-bond donors (Lipinski definition) is 4. The van der Waals surface area contributed by atoms with E-state index in [2.05, 4.69) is 0 Å². The quantitative estimate of drug-likeness (QED) is 0.439. The van der Waals surface area contributed by atoms with Crippen LogP contribution in [-0.2, 0) is 4.74 Å². The van der Waals surface area contributed by atoms with E-state index < -0.39 is 16.7 Å². The molecule has 0 fully saturated rings. The fourth-order valence-corrected chi connectivity index (χ4v) is 1.49. The molecule has 5 nitrogen and oxygen atoms in total. The van der Waals surface area contributed by atoms with Gasteiger partial charge in [-0.1, -0.05) is 0 Å². The van der Waals surface area contributed by atoms with Gasteiger partial charge in [-0.25, -0.2) is 0 Å². The predicted molar refractivity (Wildman–Crippen MR) is 59.4 cm³/mol. The number of ether oxygens (including phenoxy) is 1. The third-order valence-corrected chi connectivity index (χ3v) is 2.68. The molecule has 0 aliphatic rings. The Balaban J connectivity index is 4.74. The third kappa shape index (κ3) is 3.39. The summed E-state index contributed by atoms with van der Waals surface area (Å²) in [5, 5.41) is 19.1. The topological polar surface area (TPSA) is 102 Å². The number of aliphatic hydroxyl groups excluding tert-OH is 1. The van der Waals surface area contributed by atoms with Gasteiger partial charge in [-0.15, -0.1) is 0 Å². The Hall–Kier alpha value is -0.200. The molecule has 0 atom stereocenters. The first-order valence-electron chi connectivity index (χ1n) is 5.05. The molecule has 0 aliphatic heterocycles. The monoisotopic (exact) mass is 220 g/mol. The molecule has 0 bridgehead atoms. The fraction of sp³-hybridized carbons (Fsp3) is 1.00. The standard InChI is InChI=1S/C10H24N2O3/c1-8(2,11)10(14,9(3,4)12)7-15-6-5-13/h13-14H,5-7,11-12H2,1-4H3.